The van der Waals surface area contributed by atoms with E-state index >= 15 is 0 Å². The van der Waals surface area contributed by atoms with Gasteiger partial charge in [-0.2, -0.15) is 15.0 Å². The highest BCUT2D eigenvalue weighted by Gasteiger charge is 2.49. The molecule has 0 spiro atoms. The molecule has 1 aromatic heterocycles. The molecule has 3 N–H and O–H groups in total. The lowest BCUT2D eigenvalue weighted by molar-refractivity contribution is 0.0437. The number of anilines is 3. The lowest BCUT2D eigenvalue weighted by atomic mass is 9.93. The summed E-state index contributed by atoms with van der Waals surface area (Å²) in [6.45, 7) is 7.19. The van der Waals surface area contributed by atoms with Gasteiger partial charge in [-0.25, -0.2) is 4.79 Å². The van der Waals surface area contributed by atoms with Crippen molar-refractivity contribution in [1.82, 2.24) is 24.8 Å². The second-order valence-corrected chi connectivity index (χ2v) is 7.42. The second kappa shape index (κ2) is 7.23. The molecule has 148 valence electrons. The molecule has 2 saturated heterocycles. The van der Waals surface area contributed by atoms with Crippen LogP contribution < -0.4 is 11.1 Å². The SMILES string of the molecule is CCC12COC(=O)N1CCN(Cc1nc(N)nc(Nc3cccc(C)c3)n1)C2. The fourth-order valence-electron chi connectivity index (χ4n) is 3.90. The molecule has 0 aliphatic carbocycles. The Kier molecular flexibility index (Phi) is 4.76. The molecule has 4 rings (SSSR count). The molecule has 9 nitrogen and oxygen atoms in total. The summed E-state index contributed by atoms with van der Waals surface area (Å²) in [5.74, 6) is 1.22. The van der Waals surface area contributed by atoms with Crippen molar-refractivity contribution in [2.24, 2.45) is 0 Å². The number of carbonyl (C=O) groups is 1. The highest BCUT2D eigenvalue weighted by Crippen LogP contribution is 2.32. The standard InChI is InChI=1S/C19H25N7O2/c1-3-19-11-25(7-8-26(19)18(27)28-12-19)10-15-22-16(20)24-17(23-15)21-14-6-4-5-13(2)9-14/h4-6,9H,3,7-8,10-12H2,1-2H3,(H3,20,21,22,23,24). The van der Waals surface area contributed by atoms with Crippen LogP contribution in [-0.2, 0) is 11.3 Å². The van der Waals surface area contributed by atoms with Gasteiger partial charge in [-0.3, -0.25) is 9.80 Å². The highest BCUT2D eigenvalue weighted by molar-refractivity contribution is 5.71. The summed E-state index contributed by atoms with van der Waals surface area (Å²) in [4.78, 5) is 29.1. The van der Waals surface area contributed by atoms with Gasteiger partial charge in [-0.1, -0.05) is 19.1 Å². The number of hydrogen-bond donors (Lipinski definition) is 2. The van der Waals surface area contributed by atoms with Gasteiger partial charge in [0, 0.05) is 25.3 Å². The molecular formula is C19H25N7O2. The largest absolute Gasteiger partial charge is 0.447 e. The minimum Gasteiger partial charge on any atom is -0.447 e. The fourth-order valence-corrected chi connectivity index (χ4v) is 3.90. The minimum absolute atomic E-state index is 0.184. The van der Waals surface area contributed by atoms with E-state index in [1.54, 1.807) is 0 Å². The molecule has 0 saturated carbocycles. The Morgan fingerprint density at radius 3 is 2.93 bits per heavy atom. The van der Waals surface area contributed by atoms with Crippen molar-refractivity contribution >= 4 is 23.7 Å². The van der Waals surface area contributed by atoms with Crippen LogP contribution in [0.2, 0.25) is 0 Å². The normalized spacial score (nSPS) is 22.1. The van der Waals surface area contributed by atoms with Crippen LogP contribution >= 0.6 is 0 Å². The quantitative estimate of drug-likeness (QED) is 0.806. The number of fused-ring (bicyclic) bond motifs is 1. The first kappa shape index (κ1) is 18.4. The molecule has 2 aliphatic heterocycles. The summed E-state index contributed by atoms with van der Waals surface area (Å²) < 4.78 is 5.30. The third-order valence-electron chi connectivity index (χ3n) is 5.41. The number of benzene rings is 1. The monoisotopic (exact) mass is 383 g/mol. The first-order valence-electron chi connectivity index (χ1n) is 9.48. The van der Waals surface area contributed by atoms with E-state index in [0.717, 1.165) is 30.8 Å². The number of nitrogens with zero attached hydrogens (tertiary/aromatic N) is 5. The second-order valence-electron chi connectivity index (χ2n) is 7.42. The van der Waals surface area contributed by atoms with Crippen LogP contribution in [0.15, 0.2) is 24.3 Å². The van der Waals surface area contributed by atoms with Crippen LogP contribution in [0.5, 0.6) is 0 Å². The summed E-state index contributed by atoms with van der Waals surface area (Å²) in [5, 5.41) is 3.19. The van der Waals surface area contributed by atoms with Crippen molar-refractivity contribution in [1.29, 1.82) is 0 Å². The summed E-state index contributed by atoms with van der Waals surface area (Å²) in [5.41, 5.74) is 7.68. The smallest absolute Gasteiger partial charge is 0.410 e. The number of cyclic esters (lactones) is 1. The molecule has 2 aromatic rings. The minimum atomic E-state index is -0.267. The number of nitrogens with two attached hydrogens (primary N) is 1. The first-order valence-corrected chi connectivity index (χ1v) is 9.48. The summed E-state index contributed by atoms with van der Waals surface area (Å²) >= 11 is 0. The van der Waals surface area contributed by atoms with Crippen LogP contribution in [0.4, 0.5) is 22.4 Å². The molecule has 2 fully saturated rings. The van der Waals surface area contributed by atoms with Crippen molar-refractivity contribution in [2.45, 2.75) is 32.4 Å². The average Bonchev–Trinajstić information content (AvgIpc) is 2.98. The number of carbonyl (C=O) groups excluding carboxylic acids is 1. The van der Waals surface area contributed by atoms with Crippen molar-refractivity contribution < 1.29 is 9.53 Å². The van der Waals surface area contributed by atoms with E-state index in [0.29, 0.717) is 31.5 Å². The van der Waals surface area contributed by atoms with Crippen LogP contribution in [0.3, 0.4) is 0 Å². The van der Waals surface area contributed by atoms with Crippen molar-refractivity contribution in [3.05, 3.63) is 35.7 Å². The molecule has 1 atom stereocenters. The maximum Gasteiger partial charge on any atom is 0.410 e. The number of aromatic nitrogens is 3. The average molecular weight is 383 g/mol. The molecular weight excluding hydrogens is 358 g/mol. The van der Waals surface area contributed by atoms with E-state index in [-0.39, 0.29) is 17.6 Å². The molecule has 1 unspecified atom stereocenters. The number of hydrogen-bond acceptors (Lipinski definition) is 8. The summed E-state index contributed by atoms with van der Waals surface area (Å²) in [6.07, 6.45) is 0.630. The number of nitrogens with one attached hydrogen (secondary N) is 1. The van der Waals surface area contributed by atoms with Crippen LogP contribution in [0.1, 0.15) is 24.7 Å². The van der Waals surface area contributed by atoms with Crippen molar-refractivity contribution in [3.63, 3.8) is 0 Å². The zero-order valence-electron chi connectivity index (χ0n) is 16.2. The third-order valence-corrected chi connectivity index (χ3v) is 5.41. The van der Waals surface area contributed by atoms with Gasteiger partial charge in [0.05, 0.1) is 12.1 Å². The van der Waals surface area contributed by atoms with Crippen LogP contribution in [-0.4, -0.2) is 62.6 Å². The highest BCUT2D eigenvalue weighted by atomic mass is 16.6. The van der Waals surface area contributed by atoms with Crippen LogP contribution in [0, 0.1) is 6.92 Å². The first-order chi connectivity index (χ1) is 13.5. The number of piperazine rings is 1. The zero-order chi connectivity index (χ0) is 19.7. The Labute approximate surface area is 163 Å². The lowest BCUT2D eigenvalue weighted by Gasteiger charge is -2.44. The Morgan fingerprint density at radius 2 is 2.14 bits per heavy atom. The Bertz CT molecular complexity index is 890. The predicted octanol–water partition coefficient (Wildman–Crippen LogP) is 1.92. The topological polar surface area (TPSA) is 110 Å². The molecule has 28 heavy (non-hydrogen) atoms. The Hall–Kier alpha value is -2.94. The maximum absolute atomic E-state index is 12.0. The van der Waals surface area contributed by atoms with Gasteiger partial charge in [0.1, 0.15) is 12.4 Å². The molecule has 1 amide bonds. The van der Waals surface area contributed by atoms with Gasteiger partial charge in [0.2, 0.25) is 11.9 Å². The van der Waals surface area contributed by atoms with Gasteiger partial charge in [-0.15, -0.1) is 0 Å². The third kappa shape index (κ3) is 3.57. The van der Waals surface area contributed by atoms with Crippen molar-refractivity contribution in [2.75, 3.05) is 37.3 Å². The molecule has 3 heterocycles. The molecule has 9 heteroatoms. The van der Waals surface area contributed by atoms with E-state index < -0.39 is 0 Å². The zero-order valence-corrected chi connectivity index (χ0v) is 16.2. The number of rotatable bonds is 5. The Balaban J connectivity index is 1.49. The van der Waals surface area contributed by atoms with E-state index in [9.17, 15) is 4.79 Å². The number of nitrogen functional groups attached to an aromatic ring is 1. The van der Waals surface area contributed by atoms with Gasteiger partial charge in [0.15, 0.2) is 0 Å². The Morgan fingerprint density at radius 1 is 1.29 bits per heavy atom. The lowest BCUT2D eigenvalue weighted by Crippen LogP contribution is -2.60. The van der Waals surface area contributed by atoms with E-state index in [1.807, 2.05) is 36.1 Å². The molecule has 0 radical (unpaired) electrons. The van der Waals surface area contributed by atoms with Crippen molar-refractivity contribution in [3.8, 4) is 0 Å². The van der Waals surface area contributed by atoms with Gasteiger partial charge >= 0.3 is 6.09 Å². The molecule has 1 aromatic carbocycles. The van der Waals surface area contributed by atoms with E-state index in [2.05, 4.69) is 32.1 Å². The van der Waals surface area contributed by atoms with Crippen LogP contribution in [0.25, 0.3) is 0 Å². The number of ether oxygens (including phenoxy) is 1. The summed E-state index contributed by atoms with van der Waals surface area (Å²) in [7, 11) is 0. The predicted molar refractivity (Wildman–Crippen MR) is 105 cm³/mol. The number of aryl methyl sites for hydroxylation is 1. The van der Waals surface area contributed by atoms with E-state index in [1.165, 1.54) is 0 Å². The maximum atomic E-state index is 12.0. The summed E-state index contributed by atoms with van der Waals surface area (Å²) in [6, 6.07) is 7.96. The molecule has 0 bridgehead atoms. The van der Waals surface area contributed by atoms with Gasteiger partial charge < -0.3 is 15.8 Å². The number of amides is 1. The van der Waals surface area contributed by atoms with Gasteiger partial charge in [0.25, 0.3) is 0 Å². The molecule has 2 aliphatic rings. The fraction of sp³-hybridized carbons (Fsp3) is 0.474. The van der Waals surface area contributed by atoms with Gasteiger partial charge in [-0.05, 0) is 31.0 Å². The van der Waals surface area contributed by atoms with E-state index in [4.69, 9.17) is 10.5 Å².